The summed E-state index contributed by atoms with van der Waals surface area (Å²) in [6.07, 6.45) is 5.04. The summed E-state index contributed by atoms with van der Waals surface area (Å²) in [6, 6.07) is 20.5. The third-order valence-corrected chi connectivity index (χ3v) is 4.38. The second-order valence-electron chi connectivity index (χ2n) is 6.28. The van der Waals surface area contributed by atoms with Gasteiger partial charge in [-0.25, -0.2) is 5.43 Å². The summed E-state index contributed by atoms with van der Waals surface area (Å²) < 4.78 is 7.46. The molecule has 1 N–H and O–H groups in total. The van der Waals surface area contributed by atoms with Crippen LogP contribution in [0.15, 0.2) is 94.7 Å². The van der Waals surface area contributed by atoms with Crippen LogP contribution in [-0.2, 0) is 0 Å². The van der Waals surface area contributed by atoms with Crippen LogP contribution in [0.5, 0.6) is 0 Å². The molecule has 0 saturated heterocycles. The van der Waals surface area contributed by atoms with E-state index in [4.69, 9.17) is 4.42 Å². The number of nitrogens with one attached hydrogen (secondary N) is 1. The van der Waals surface area contributed by atoms with E-state index < -0.39 is 4.92 Å². The van der Waals surface area contributed by atoms with Crippen molar-refractivity contribution >= 4 is 17.8 Å². The van der Waals surface area contributed by atoms with Crippen molar-refractivity contribution in [2.75, 3.05) is 0 Å². The summed E-state index contributed by atoms with van der Waals surface area (Å²) in [7, 11) is 0. The quantitative estimate of drug-likeness (QED) is 0.294. The number of nitro benzene ring substituents is 1. The minimum Gasteiger partial charge on any atom is -0.455 e. The Morgan fingerprint density at radius 3 is 2.53 bits per heavy atom. The molecule has 0 fully saturated rings. The summed E-state index contributed by atoms with van der Waals surface area (Å²) in [6.45, 7) is 0. The van der Waals surface area contributed by atoms with Gasteiger partial charge in [0.05, 0.1) is 28.0 Å². The minimum absolute atomic E-state index is 0.0507. The van der Waals surface area contributed by atoms with Crippen molar-refractivity contribution in [1.82, 2.24) is 9.99 Å². The number of rotatable bonds is 6. The van der Waals surface area contributed by atoms with Crippen LogP contribution in [0.1, 0.15) is 16.1 Å². The molecule has 0 aliphatic heterocycles. The molecule has 1 amide bonds. The molecule has 0 saturated carbocycles. The van der Waals surface area contributed by atoms with Crippen molar-refractivity contribution < 1.29 is 14.1 Å². The van der Waals surface area contributed by atoms with Crippen molar-refractivity contribution in [3.63, 3.8) is 0 Å². The highest BCUT2D eigenvalue weighted by Gasteiger charge is 2.17. The summed E-state index contributed by atoms with van der Waals surface area (Å²) in [4.78, 5) is 23.3. The first kappa shape index (κ1) is 18.9. The van der Waals surface area contributed by atoms with Crippen LogP contribution in [0.25, 0.3) is 17.0 Å². The van der Waals surface area contributed by atoms with Crippen LogP contribution >= 0.6 is 0 Å². The van der Waals surface area contributed by atoms with Gasteiger partial charge in [-0.15, -0.1) is 0 Å². The maximum Gasteiger partial charge on any atom is 0.280 e. The van der Waals surface area contributed by atoms with Crippen LogP contribution in [0, 0.1) is 10.1 Å². The Morgan fingerprint density at radius 2 is 1.73 bits per heavy atom. The molecule has 4 aromatic rings. The van der Waals surface area contributed by atoms with Crippen LogP contribution in [0.4, 0.5) is 5.69 Å². The number of hydrazone groups is 1. The maximum absolute atomic E-state index is 12.6. The first-order valence-corrected chi connectivity index (χ1v) is 9.03. The molecule has 8 nitrogen and oxygen atoms in total. The fourth-order valence-electron chi connectivity index (χ4n) is 3.01. The number of hydrogen-bond donors (Lipinski definition) is 1. The normalized spacial score (nSPS) is 10.9. The minimum atomic E-state index is -0.464. The summed E-state index contributed by atoms with van der Waals surface area (Å²) >= 11 is 0. The molecule has 0 radical (unpaired) electrons. The van der Waals surface area contributed by atoms with E-state index in [0.717, 1.165) is 5.69 Å². The highest BCUT2D eigenvalue weighted by atomic mass is 16.6. The molecule has 30 heavy (non-hydrogen) atoms. The number of nitro groups is 1. The Morgan fingerprint density at radius 1 is 1.00 bits per heavy atom. The molecule has 2 aromatic heterocycles. The summed E-state index contributed by atoms with van der Waals surface area (Å²) in [5.41, 5.74) is 3.99. The molecular formula is C22H16N4O4. The van der Waals surface area contributed by atoms with E-state index in [1.165, 1.54) is 12.3 Å². The zero-order valence-corrected chi connectivity index (χ0v) is 15.6. The van der Waals surface area contributed by atoms with Crippen LogP contribution in [0.2, 0.25) is 0 Å². The predicted molar refractivity (Wildman–Crippen MR) is 112 cm³/mol. The number of carbonyl (C=O) groups excluding carboxylic acids is 1. The highest BCUT2D eigenvalue weighted by Crippen LogP contribution is 2.30. The van der Waals surface area contributed by atoms with Gasteiger partial charge < -0.3 is 8.98 Å². The predicted octanol–water partition coefficient (Wildman–Crippen LogP) is 4.41. The standard InChI is InChI=1S/C22H16N4O4/c27-22(18-8-2-3-9-19(18)25-13-5-6-14-25)24-23-15-16-11-12-21(30-16)17-7-1-4-10-20(17)26(28)29/h1-15H,(H,24,27)/b23-15+. The number of furan rings is 1. The van der Waals surface area contributed by atoms with Crippen LogP contribution in [0.3, 0.4) is 0 Å². The summed E-state index contributed by atoms with van der Waals surface area (Å²) in [5, 5.41) is 15.1. The average molecular weight is 400 g/mol. The number of benzene rings is 2. The van der Waals surface area contributed by atoms with Gasteiger partial charge in [0.25, 0.3) is 11.6 Å². The van der Waals surface area contributed by atoms with E-state index in [1.807, 2.05) is 41.2 Å². The van der Waals surface area contributed by atoms with Gasteiger partial charge in [0, 0.05) is 18.5 Å². The van der Waals surface area contributed by atoms with Crippen molar-refractivity contribution in [3.8, 4) is 17.0 Å². The summed E-state index contributed by atoms with van der Waals surface area (Å²) in [5.74, 6) is 0.316. The molecule has 0 atom stereocenters. The van der Waals surface area contributed by atoms with E-state index in [-0.39, 0.29) is 11.6 Å². The number of aromatic nitrogens is 1. The molecule has 2 heterocycles. The molecule has 0 bridgehead atoms. The Hall–Kier alpha value is -4.46. The van der Waals surface area contributed by atoms with Gasteiger partial charge in [-0.1, -0.05) is 24.3 Å². The Bertz CT molecular complexity index is 1230. The van der Waals surface area contributed by atoms with Gasteiger partial charge in [-0.05, 0) is 42.5 Å². The van der Waals surface area contributed by atoms with E-state index in [2.05, 4.69) is 10.5 Å². The third kappa shape index (κ3) is 3.88. The molecule has 4 rings (SSSR count). The van der Waals surface area contributed by atoms with Crippen molar-refractivity contribution in [2.24, 2.45) is 5.10 Å². The van der Waals surface area contributed by atoms with Gasteiger partial charge in [0.2, 0.25) is 0 Å². The van der Waals surface area contributed by atoms with Gasteiger partial charge >= 0.3 is 0 Å². The Balaban J connectivity index is 1.49. The largest absolute Gasteiger partial charge is 0.455 e. The lowest BCUT2D eigenvalue weighted by molar-refractivity contribution is -0.384. The van der Waals surface area contributed by atoms with Crippen LogP contribution < -0.4 is 5.43 Å². The van der Waals surface area contributed by atoms with E-state index in [9.17, 15) is 14.9 Å². The molecule has 0 unspecified atom stereocenters. The first-order chi connectivity index (χ1) is 14.6. The Labute approximate surface area is 171 Å². The lowest BCUT2D eigenvalue weighted by Gasteiger charge is -2.08. The first-order valence-electron chi connectivity index (χ1n) is 9.03. The lowest BCUT2D eigenvalue weighted by Crippen LogP contribution is -2.19. The van der Waals surface area contributed by atoms with Crippen molar-refractivity contribution in [3.05, 3.63) is 107 Å². The van der Waals surface area contributed by atoms with E-state index >= 15 is 0 Å². The smallest absolute Gasteiger partial charge is 0.280 e. The van der Waals surface area contributed by atoms with Gasteiger partial charge in [-0.3, -0.25) is 14.9 Å². The zero-order chi connectivity index (χ0) is 20.9. The SMILES string of the molecule is O=C(N/N=C/c1ccc(-c2ccccc2[N+](=O)[O-])o1)c1ccccc1-n1cccc1. The molecule has 0 aliphatic rings. The fourth-order valence-corrected chi connectivity index (χ4v) is 3.01. The Kier molecular flexibility index (Phi) is 5.21. The number of para-hydroxylation sites is 2. The second-order valence-corrected chi connectivity index (χ2v) is 6.28. The number of nitrogens with zero attached hydrogens (tertiary/aromatic N) is 3. The fraction of sp³-hybridized carbons (Fsp3) is 0. The number of hydrogen-bond acceptors (Lipinski definition) is 5. The number of carbonyl (C=O) groups is 1. The zero-order valence-electron chi connectivity index (χ0n) is 15.6. The van der Waals surface area contributed by atoms with Gasteiger partial charge in [-0.2, -0.15) is 5.10 Å². The molecule has 0 spiro atoms. The molecule has 2 aromatic carbocycles. The van der Waals surface area contributed by atoms with Gasteiger partial charge in [0.15, 0.2) is 0 Å². The average Bonchev–Trinajstić information content (AvgIpc) is 3.46. The van der Waals surface area contributed by atoms with E-state index in [0.29, 0.717) is 22.6 Å². The third-order valence-electron chi connectivity index (χ3n) is 4.38. The number of amides is 1. The molecule has 8 heteroatoms. The molecule has 148 valence electrons. The van der Waals surface area contributed by atoms with E-state index in [1.54, 1.807) is 42.5 Å². The topological polar surface area (TPSA) is 103 Å². The monoisotopic (exact) mass is 400 g/mol. The maximum atomic E-state index is 12.6. The lowest BCUT2D eigenvalue weighted by atomic mass is 10.1. The molecular weight excluding hydrogens is 384 g/mol. The highest BCUT2D eigenvalue weighted by molar-refractivity contribution is 5.98. The second kappa shape index (κ2) is 8.27. The van der Waals surface area contributed by atoms with Crippen molar-refractivity contribution in [1.29, 1.82) is 0 Å². The molecule has 0 aliphatic carbocycles. The van der Waals surface area contributed by atoms with Crippen molar-refractivity contribution in [2.45, 2.75) is 0 Å². The van der Waals surface area contributed by atoms with Crippen LogP contribution in [-0.4, -0.2) is 21.6 Å². The van der Waals surface area contributed by atoms with Gasteiger partial charge in [0.1, 0.15) is 11.5 Å².